The molecule has 1 atom stereocenters. The molecule has 0 radical (unpaired) electrons. The van der Waals surface area contributed by atoms with Gasteiger partial charge in [0.05, 0.1) is 24.2 Å². The van der Waals surface area contributed by atoms with E-state index in [9.17, 15) is 14.9 Å². The van der Waals surface area contributed by atoms with Gasteiger partial charge >= 0.3 is 0 Å². The van der Waals surface area contributed by atoms with Gasteiger partial charge in [-0.2, -0.15) is 0 Å². The zero-order chi connectivity index (χ0) is 17.8. The average molecular weight is 361 g/mol. The normalized spacial score (nSPS) is 15.6. The van der Waals surface area contributed by atoms with Crippen LogP contribution in [0.2, 0.25) is 0 Å². The lowest BCUT2D eigenvalue weighted by Gasteiger charge is -2.28. The number of rotatable bonds is 5. The van der Waals surface area contributed by atoms with Crippen molar-refractivity contribution in [3.8, 4) is 0 Å². The van der Waals surface area contributed by atoms with Crippen LogP contribution in [0.4, 0.5) is 11.4 Å². The monoisotopic (exact) mass is 361 g/mol. The van der Waals surface area contributed by atoms with Crippen molar-refractivity contribution in [3.05, 3.63) is 56.3 Å². The van der Waals surface area contributed by atoms with Crippen LogP contribution in [0.3, 0.4) is 0 Å². The fraction of sp³-hybridized carbons (Fsp3) is 0.353. The Hall–Kier alpha value is -2.45. The molecule has 1 aromatic carbocycles. The smallest absolute Gasteiger partial charge is 0.293 e. The van der Waals surface area contributed by atoms with Crippen LogP contribution in [-0.2, 0) is 4.74 Å². The minimum absolute atomic E-state index is 0.0571. The highest BCUT2D eigenvalue weighted by Crippen LogP contribution is 2.30. The van der Waals surface area contributed by atoms with Crippen LogP contribution >= 0.6 is 11.3 Å². The predicted octanol–water partition coefficient (Wildman–Crippen LogP) is 2.98. The molecule has 0 aliphatic carbocycles. The number of carbonyl (C=O) groups is 1. The maximum absolute atomic E-state index is 12.5. The second-order valence-electron chi connectivity index (χ2n) is 5.77. The minimum atomic E-state index is -0.440. The molecule has 1 aromatic heterocycles. The third-order valence-corrected chi connectivity index (χ3v) is 5.16. The van der Waals surface area contributed by atoms with Crippen LogP contribution < -0.4 is 10.2 Å². The molecule has 1 N–H and O–H groups in total. The van der Waals surface area contributed by atoms with Crippen molar-refractivity contribution in [3.63, 3.8) is 0 Å². The lowest BCUT2D eigenvalue weighted by atomic mass is 10.1. The molecule has 0 bridgehead atoms. The van der Waals surface area contributed by atoms with Crippen molar-refractivity contribution in [2.24, 2.45) is 0 Å². The summed E-state index contributed by atoms with van der Waals surface area (Å²) in [5.74, 6) is -0.322. The molecule has 1 fully saturated rings. The molecule has 8 heteroatoms. The Labute approximate surface area is 149 Å². The summed E-state index contributed by atoms with van der Waals surface area (Å²) < 4.78 is 5.29. The minimum Gasteiger partial charge on any atom is -0.378 e. The van der Waals surface area contributed by atoms with E-state index in [1.807, 2.05) is 29.3 Å². The molecule has 1 aliphatic rings. The molecular weight excluding hydrogens is 342 g/mol. The number of anilines is 1. The van der Waals surface area contributed by atoms with Gasteiger partial charge in [-0.05, 0) is 30.5 Å². The van der Waals surface area contributed by atoms with Gasteiger partial charge in [-0.3, -0.25) is 14.9 Å². The van der Waals surface area contributed by atoms with E-state index in [0.717, 1.165) is 4.88 Å². The molecule has 3 rings (SSSR count). The third kappa shape index (κ3) is 3.97. The highest BCUT2D eigenvalue weighted by molar-refractivity contribution is 7.10. The predicted molar refractivity (Wildman–Crippen MR) is 96.3 cm³/mol. The Morgan fingerprint density at radius 2 is 2.12 bits per heavy atom. The third-order valence-electron chi connectivity index (χ3n) is 4.10. The summed E-state index contributed by atoms with van der Waals surface area (Å²) >= 11 is 1.56. The number of nitrogens with zero attached hydrogens (tertiary/aromatic N) is 2. The SMILES string of the molecule is C[C@@H](NC(=O)c1ccc(N2CCOCC2)c([N+](=O)[O-])c1)c1cccs1. The van der Waals surface area contributed by atoms with Crippen molar-refractivity contribution in [1.29, 1.82) is 0 Å². The van der Waals surface area contributed by atoms with Gasteiger partial charge in [0.15, 0.2) is 0 Å². The van der Waals surface area contributed by atoms with Crippen LogP contribution in [0, 0.1) is 10.1 Å². The molecule has 0 spiro atoms. The van der Waals surface area contributed by atoms with Crippen molar-refractivity contribution >= 4 is 28.6 Å². The van der Waals surface area contributed by atoms with Crippen LogP contribution in [0.25, 0.3) is 0 Å². The Balaban J connectivity index is 1.81. The fourth-order valence-corrected chi connectivity index (χ4v) is 3.51. The zero-order valence-electron chi connectivity index (χ0n) is 13.8. The van der Waals surface area contributed by atoms with E-state index < -0.39 is 4.92 Å². The van der Waals surface area contributed by atoms with Crippen molar-refractivity contribution in [2.45, 2.75) is 13.0 Å². The van der Waals surface area contributed by atoms with Crippen LogP contribution in [0.1, 0.15) is 28.2 Å². The van der Waals surface area contributed by atoms with Gasteiger partial charge in [0.25, 0.3) is 11.6 Å². The number of hydrogen-bond acceptors (Lipinski definition) is 6. The second-order valence-corrected chi connectivity index (χ2v) is 6.75. The summed E-state index contributed by atoms with van der Waals surface area (Å²) in [7, 11) is 0. The Morgan fingerprint density at radius 3 is 2.76 bits per heavy atom. The highest BCUT2D eigenvalue weighted by Gasteiger charge is 2.23. The number of hydrogen-bond donors (Lipinski definition) is 1. The zero-order valence-corrected chi connectivity index (χ0v) is 14.6. The molecular formula is C17H19N3O4S. The molecule has 25 heavy (non-hydrogen) atoms. The topological polar surface area (TPSA) is 84.7 Å². The number of nitro benzene ring substituents is 1. The Bertz CT molecular complexity index is 757. The van der Waals surface area contributed by atoms with Gasteiger partial charge in [0, 0.05) is 29.6 Å². The van der Waals surface area contributed by atoms with E-state index >= 15 is 0 Å². The number of morpholine rings is 1. The summed E-state index contributed by atoms with van der Waals surface area (Å²) in [6, 6.07) is 8.35. The van der Waals surface area contributed by atoms with Gasteiger partial charge in [-0.25, -0.2) is 0 Å². The van der Waals surface area contributed by atoms with Crippen LogP contribution in [-0.4, -0.2) is 37.1 Å². The molecule has 1 amide bonds. The van der Waals surface area contributed by atoms with Crippen molar-refractivity contribution < 1.29 is 14.5 Å². The van der Waals surface area contributed by atoms with E-state index in [2.05, 4.69) is 5.32 Å². The first-order valence-electron chi connectivity index (χ1n) is 8.01. The lowest BCUT2D eigenvalue weighted by Crippen LogP contribution is -2.36. The van der Waals surface area contributed by atoms with Crippen LogP contribution in [0.5, 0.6) is 0 Å². The number of amides is 1. The Kier molecular flexibility index (Phi) is 5.30. The van der Waals surface area contributed by atoms with E-state index in [-0.39, 0.29) is 23.2 Å². The van der Waals surface area contributed by atoms with Gasteiger partial charge in [-0.1, -0.05) is 6.07 Å². The standard InChI is InChI=1S/C17H19N3O4S/c1-12(16-3-2-10-25-16)18-17(21)13-4-5-14(15(11-13)20(22)23)19-6-8-24-9-7-19/h2-5,10-12H,6-9H2,1H3,(H,18,21)/t12-/m1/s1. The molecule has 1 aliphatic heterocycles. The maximum atomic E-state index is 12.5. The number of carbonyl (C=O) groups excluding carboxylic acids is 1. The summed E-state index contributed by atoms with van der Waals surface area (Å²) in [5.41, 5.74) is 0.751. The van der Waals surface area contributed by atoms with E-state index in [1.54, 1.807) is 23.5 Å². The number of nitrogens with one attached hydrogen (secondary N) is 1. The van der Waals surface area contributed by atoms with E-state index in [1.165, 1.54) is 6.07 Å². The number of benzene rings is 1. The molecule has 2 heterocycles. The van der Waals surface area contributed by atoms with Crippen LogP contribution in [0.15, 0.2) is 35.7 Å². The maximum Gasteiger partial charge on any atom is 0.293 e. The van der Waals surface area contributed by atoms with Crippen molar-refractivity contribution in [1.82, 2.24) is 5.32 Å². The van der Waals surface area contributed by atoms with Gasteiger partial charge in [0.1, 0.15) is 5.69 Å². The summed E-state index contributed by atoms with van der Waals surface area (Å²) in [5, 5.41) is 16.3. The number of thiophene rings is 1. The number of nitro groups is 1. The molecule has 2 aromatic rings. The second kappa shape index (κ2) is 7.62. The quantitative estimate of drug-likeness (QED) is 0.654. The largest absolute Gasteiger partial charge is 0.378 e. The average Bonchev–Trinajstić information content (AvgIpc) is 3.16. The van der Waals surface area contributed by atoms with Gasteiger partial charge < -0.3 is 15.0 Å². The highest BCUT2D eigenvalue weighted by atomic mass is 32.1. The summed E-state index contributed by atoms with van der Waals surface area (Å²) in [4.78, 5) is 26.4. The lowest BCUT2D eigenvalue weighted by molar-refractivity contribution is -0.384. The number of ether oxygens (including phenoxy) is 1. The first-order chi connectivity index (χ1) is 12.1. The molecule has 1 saturated heterocycles. The first kappa shape index (κ1) is 17.4. The summed E-state index contributed by atoms with van der Waals surface area (Å²) in [6.07, 6.45) is 0. The molecule has 132 valence electrons. The van der Waals surface area contributed by atoms with E-state index in [4.69, 9.17) is 4.74 Å². The Morgan fingerprint density at radius 1 is 1.36 bits per heavy atom. The summed E-state index contributed by atoms with van der Waals surface area (Å²) in [6.45, 7) is 4.17. The first-order valence-corrected chi connectivity index (χ1v) is 8.89. The van der Waals surface area contributed by atoms with Gasteiger partial charge in [0.2, 0.25) is 0 Å². The van der Waals surface area contributed by atoms with Gasteiger partial charge in [-0.15, -0.1) is 11.3 Å². The molecule has 0 saturated carbocycles. The molecule has 0 unspecified atom stereocenters. The van der Waals surface area contributed by atoms with E-state index in [0.29, 0.717) is 32.0 Å². The molecule has 7 nitrogen and oxygen atoms in total. The van der Waals surface area contributed by atoms with Crippen molar-refractivity contribution in [2.75, 3.05) is 31.2 Å². The fourth-order valence-electron chi connectivity index (χ4n) is 2.77.